The Morgan fingerprint density at radius 2 is 1.95 bits per heavy atom. The topological polar surface area (TPSA) is 101 Å². The van der Waals surface area contributed by atoms with E-state index in [1.165, 1.54) is 11.3 Å². The molecule has 4 aromatic rings. The first-order valence-electron chi connectivity index (χ1n) is 13.7. The normalized spacial score (nSPS) is 19.1. The molecule has 0 bridgehead atoms. The molecule has 1 aliphatic heterocycles. The van der Waals surface area contributed by atoms with Gasteiger partial charge < -0.3 is 20.1 Å². The molecule has 1 saturated carbocycles. The summed E-state index contributed by atoms with van der Waals surface area (Å²) in [6, 6.07) is 9.54. The Hall–Kier alpha value is -3.15. The van der Waals surface area contributed by atoms with Gasteiger partial charge in [0.2, 0.25) is 11.8 Å². The van der Waals surface area contributed by atoms with Crippen molar-refractivity contribution in [3.63, 3.8) is 0 Å². The number of fused-ring (bicyclic) bond motifs is 1. The van der Waals surface area contributed by atoms with Crippen molar-refractivity contribution in [2.45, 2.75) is 63.7 Å². The van der Waals surface area contributed by atoms with E-state index in [2.05, 4.69) is 25.3 Å². The van der Waals surface area contributed by atoms with Gasteiger partial charge in [0.05, 0.1) is 21.1 Å². The Morgan fingerprint density at radius 3 is 2.67 bits per heavy atom. The van der Waals surface area contributed by atoms with E-state index in [4.69, 9.17) is 9.72 Å². The molecule has 2 aromatic carbocycles. The fourth-order valence-electron chi connectivity index (χ4n) is 5.26. The number of ether oxygens (including phenoxy) is 1. The predicted octanol–water partition coefficient (Wildman–Crippen LogP) is 6.48. The summed E-state index contributed by atoms with van der Waals surface area (Å²) in [5.74, 6) is 0.824. The lowest BCUT2D eigenvalue weighted by Gasteiger charge is -2.37. The van der Waals surface area contributed by atoms with Gasteiger partial charge in [-0.05, 0) is 59.1 Å². The van der Waals surface area contributed by atoms with Crippen LogP contribution < -0.4 is 20.1 Å². The molecule has 11 heteroatoms. The average molecular weight is 581 g/mol. The molecule has 2 unspecified atom stereocenters. The van der Waals surface area contributed by atoms with Crippen molar-refractivity contribution < 1.29 is 13.3 Å². The molecule has 0 spiro atoms. The minimum absolute atomic E-state index is 0.241. The molecular formula is C29H33FN6O2S2. The van der Waals surface area contributed by atoms with Gasteiger partial charge in [-0.2, -0.15) is 0 Å². The SMILES string of the molecule is Cc1nc(Oc2c(C)c(F)c(NS(=O)C3(C)CCC3)c3ccccc23)c(-c2ccnc(NC3CCCNC3)n2)s1. The second-order valence-corrected chi connectivity index (χ2v) is 13.7. The molecule has 40 heavy (non-hydrogen) atoms. The number of nitrogens with zero attached hydrogens (tertiary/aromatic N) is 3. The number of aromatic nitrogens is 3. The Kier molecular flexibility index (Phi) is 7.45. The van der Waals surface area contributed by atoms with Crippen molar-refractivity contribution in [3.05, 3.63) is 52.9 Å². The quantitative estimate of drug-likeness (QED) is 0.219. The number of hydrogen-bond donors (Lipinski definition) is 3. The van der Waals surface area contributed by atoms with Gasteiger partial charge in [0, 0.05) is 35.1 Å². The Morgan fingerprint density at radius 1 is 1.15 bits per heavy atom. The summed E-state index contributed by atoms with van der Waals surface area (Å²) in [5, 5.41) is 8.95. The molecule has 2 aliphatic rings. The molecule has 2 atom stereocenters. The van der Waals surface area contributed by atoms with Crippen LogP contribution in [0.2, 0.25) is 0 Å². The summed E-state index contributed by atoms with van der Waals surface area (Å²) >= 11 is 1.47. The highest BCUT2D eigenvalue weighted by Gasteiger charge is 2.39. The highest BCUT2D eigenvalue weighted by Crippen LogP contribution is 2.45. The number of halogens is 1. The Balaban J connectivity index is 1.35. The van der Waals surface area contributed by atoms with E-state index < -0.39 is 16.8 Å². The molecule has 0 radical (unpaired) electrons. The molecule has 8 nitrogen and oxygen atoms in total. The van der Waals surface area contributed by atoms with Crippen LogP contribution in [-0.4, -0.2) is 43.0 Å². The fourth-order valence-corrected chi connectivity index (χ4v) is 7.37. The lowest BCUT2D eigenvalue weighted by Crippen LogP contribution is -2.41. The van der Waals surface area contributed by atoms with Gasteiger partial charge in [-0.15, -0.1) is 11.3 Å². The van der Waals surface area contributed by atoms with E-state index in [0.29, 0.717) is 39.6 Å². The average Bonchev–Trinajstić information content (AvgIpc) is 3.32. The lowest BCUT2D eigenvalue weighted by atomic mass is 9.86. The first kappa shape index (κ1) is 27.0. The molecule has 1 saturated heterocycles. The number of rotatable bonds is 8. The molecule has 210 valence electrons. The Labute approximate surface area is 239 Å². The maximum Gasteiger partial charge on any atom is 0.240 e. The molecular weight excluding hydrogens is 547 g/mol. The van der Waals surface area contributed by atoms with Crippen LogP contribution in [0.5, 0.6) is 11.6 Å². The molecule has 1 aliphatic carbocycles. The van der Waals surface area contributed by atoms with Crippen LogP contribution >= 0.6 is 11.3 Å². The molecule has 3 N–H and O–H groups in total. The van der Waals surface area contributed by atoms with Gasteiger partial charge >= 0.3 is 0 Å². The second kappa shape index (κ2) is 11.0. The van der Waals surface area contributed by atoms with Crippen LogP contribution in [0.4, 0.5) is 16.0 Å². The van der Waals surface area contributed by atoms with Crippen molar-refractivity contribution >= 4 is 44.7 Å². The van der Waals surface area contributed by atoms with E-state index in [0.717, 1.165) is 55.1 Å². The summed E-state index contributed by atoms with van der Waals surface area (Å²) in [6.07, 6.45) is 6.65. The zero-order chi connectivity index (χ0) is 27.9. The molecule has 0 amide bonds. The number of nitrogens with one attached hydrogen (secondary N) is 3. The van der Waals surface area contributed by atoms with Crippen molar-refractivity contribution in [2.75, 3.05) is 23.1 Å². The van der Waals surface area contributed by atoms with E-state index in [1.54, 1.807) is 13.1 Å². The molecule has 6 rings (SSSR count). The monoisotopic (exact) mass is 580 g/mol. The van der Waals surface area contributed by atoms with Crippen molar-refractivity contribution in [1.82, 2.24) is 20.3 Å². The summed E-state index contributed by atoms with van der Waals surface area (Å²) < 4.78 is 38.2. The van der Waals surface area contributed by atoms with Gasteiger partial charge in [0.15, 0.2) is 5.82 Å². The van der Waals surface area contributed by atoms with Crippen LogP contribution in [-0.2, 0) is 11.0 Å². The zero-order valence-corrected chi connectivity index (χ0v) is 24.5. The highest BCUT2D eigenvalue weighted by atomic mass is 32.2. The van der Waals surface area contributed by atoms with Crippen molar-refractivity contribution in [3.8, 4) is 22.2 Å². The van der Waals surface area contributed by atoms with E-state index in [-0.39, 0.29) is 16.5 Å². The lowest BCUT2D eigenvalue weighted by molar-refractivity contribution is 0.380. The van der Waals surface area contributed by atoms with E-state index in [9.17, 15) is 4.21 Å². The van der Waals surface area contributed by atoms with Crippen LogP contribution in [0.3, 0.4) is 0 Å². The first-order valence-corrected chi connectivity index (χ1v) is 15.6. The molecule has 3 heterocycles. The van der Waals surface area contributed by atoms with E-state index in [1.807, 2.05) is 44.2 Å². The summed E-state index contributed by atoms with van der Waals surface area (Å²) in [5.41, 5.74) is 1.25. The van der Waals surface area contributed by atoms with E-state index >= 15 is 4.39 Å². The molecule has 2 fully saturated rings. The zero-order valence-electron chi connectivity index (χ0n) is 22.8. The maximum absolute atomic E-state index is 15.9. The summed E-state index contributed by atoms with van der Waals surface area (Å²) in [7, 11) is -1.41. The highest BCUT2D eigenvalue weighted by molar-refractivity contribution is 7.87. The van der Waals surface area contributed by atoms with Gasteiger partial charge in [-0.1, -0.05) is 30.7 Å². The van der Waals surface area contributed by atoms with Gasteiger partial charge in [0.25, 0.3) is 0 Å². The Bertz CT molecular complexity index is 1580. The first-order chi connectivity index (χ1) is 19.3. The minimum atomic E-state index is -1.41. The summed E-state index contributed by atoms with van der Waals surface area (Å²) in [4.78, 5) is 14.6. The van der Waals surface area contributed by atoms with Crippen molar-refractivity contribution in [2.24, 2.45) is 0 Å². The largest absolute Gasteiger partial charge is 0.436 e. The standard InChI is InChI=1S/C29H33FN6O2S2/c1-17-23(30)24(36-40(37)29(3)12-7-13-29)20-9-4-5-10-21(20)25(17)38-27-26(39-18(2)33-27)22-11-15-32-28(35-22)34-19-8-6-14-31-16-19/h4-5,9-11,15,19,31,36H,6-8,12-14,16H2,1-3H3,(H,32,34,35). The van der Waals surface area contributed by atoms with Crippen LogP contribution in [0.25, 0.3) is 21.3 Å². The maximum atomic E-state index is 15.9. The van der Waals surface area contributed by atoms with Crippen LogP contribution in [0.1, 0.15) is 49.6 Å². The number of thiazole rings is 1. The van der Waals surface area contributed by atoms with Gasteiger partial charge in [0.1, 0.15) is 21.6 Å². The van der Waals surface area contributed by atoms with Gasteiger partial charge in [-0.25, -0.2) is 23.6 Å². The third-order valence-electron chi connectivity index (χ3n) is 7.80. The molecule has 2 aromatic heterocycles. The third-order valence-corrected chi connectivity index (χ3v) is 10.5. The number of hydrogen-bond acceptors (Lipinski definition) is 8. The minimum Gasteiger partial charge on any atom is -0.436 e. The second-order valence-electron chi connectivity index (χ2n) is 10.8. The van der Waals surface area contributed by atoms with Crippen LogP contribution in [0, 0.1) is 19.7 Å². The van der Waals surface area contributed by atoms with Gasteiger partial charge in [-0.3, -0.25) is 0 Å². The fraction of sp³-hybridized carbons (Fsp3) is 0.414. The smallest absolute Gasteiger partial charge is 0.240 e. The van der Waals surface area contributed by atoms with Crippen molar-refractivity contribution in [1.29, 1.82) is 0 Å². The third kappa shape index (κ3) is 5.17. The number of piperidine rings is 1. The number of benzene rings is 2. The van der Waals surface area contributed by atoms with Crippen LogP contribution in [0.15, 0.2) is 36.5 Å². The number of aryl methyl sites for hydroxylation is 1. The predicted molar refractivity (Wildman–Crippen MR) is 160 cm³/mol. The number of anilines is 2. The summed E-state index contributed by atoms with van der Waals surface area (Å²) in [6.45, 7) is 7.47.